The number of hydrogen-bond acceptors (Lipinski definition) is 4. The van der Waals surface area contributed by atoms with E-state index in [4.69, 9.17) is 10.5 Å². The fourth-order valence-corrected chi connectivity index (χ4v) is 3.04. The molecule has 1 aliphatic carbocycles. The van der Waals surface area contributed by atoms with Gasteiger partial charge in [0, 0.05) is 12.7 Å². The molecule has 148 valence electrons. The molecule has 27 heavy (non-hydrogen) atoms. The predicted octanol–water partition coefficient (Wildman–Crippen LogP) is 4.13. The van der Waals surface area contributed by atoms with Crippen LogP contribution in [-0.2, 0) is 11.3 Å². The highest BCUT2D eigenvalue weighted by atomic mass is 35.5. The van der Waals surface area contributed by atoms with Gasteiger partial charge in [-0.2, -0.15) is 0 Å². The maximum Gasteiger partial charge on any atom is 0.240 e. The molecule has 1 heterocycles. The molecular formula is C19H24Cl2FN3O2. The lowest BCUT2D eigenvalue weighted by Crippen LogP contribution is -2.54. The monoisotopic (exact) mass is 415 g/mol. The molecule has 1 amide bonds. The summed E-state index contributed by atoms with van der Waals surface area (Å²) in [5, 5.41) is 2.82. The molecule has 0 spiro atoms. The Balaban J connectivity index is 0.00000182. The van der Waals surface area contributed by atoms with Crippen LogP contribution in [0.1, 0.15) is 37.7 Å². The summed E-state index contributed by atoms with van der Waals surface area (Å²) in [5.41, 5.74) is 6.06. The molecule has 3 rings (SSSR count). The largest absolute Gasteiger partial charge is 0.453 e. The summed E-state index contributed by atoms with van der Waals surface area (Å²) >= 11 is 0. The molecule has 1 aliphatic rings. The average Bonchev–Trinajstić information content (AvgIpc) is 2.63. The van der Waals surface area contributed by atoms with Crippen molar-refractivity contribution in [3.63, 3.8) is 0 Å². The Labute approximate surface area is 170 Å². The Hall–Kier alpha value is -1.89. The topological polar surface area (TPSA) is 77.2 Å². The van der Waals surface area contributed by atoms with Crippen molar-refractivity contribution in [1.29, 1.82) is 0 Å². The van der Waals surface area contributed by atoms with Gasteiger partial charge < -0.3 is 15.8 Å². The molecule has 0 unspecified atom stereocenters. The van der Waals surface area contributed by atoms with Crippen molar-refractivity contribution in [3.05, 3.63) is 54.1 Å². The van der Waals surface area contributed by atoms with E-state index >= 15 is 0 Å². The summed E-state index contributed by atoms with van der Waals surface area (Å²) in [5.74, 6) is -0.0745. The van der Waals surface area contributed by atoms with Crippen molar-refractivity contribution in [3.8, 4) is 11.5 Å². The summed E-state index contributed by atoms with van der Waals surface area (Å²) in [6.07, 6.45) is 7.59. The zero-order valence-electron chi connectivity index (χ0n) is 14.8. The first-order valence-electron chi connectivity index (χ1n) is 8.50. The minimum Gasteiger partial charge on any atom is -0.453 e. The zero-order chi connectivity index (χ0) is 17.7. The highest BCUT2D eigenvalue weighted by Gasteiger charge is 2.34. The summed E-state index contributed by atoms with van der Waals surface area (Å²) in [7, 11) is 0. The molecule has 0 aliphatic heterocycles. The number of carbonyl (C=O) groups excluding carboxylic acids is 1. The van der Waals surface area contributed by atoms with Gasteiger partial charge in [0.1, 0.15) is 5.75 Å². The number of rotatable bonds is 5. The first-order valence-corrected chi connectivity index (χ1v) is 8.50. The minimum atomic E-state index is -0.792. The average molecular weight is 416 g/mol. The highest BCUT2D eigenvalue weighted by Crippen LogP contribution is 2.27. The van der Waals surface area contributed by atoms with E-state index in [1.165, 1.54) is 12.3 Å². The van der Waals surface area contributed by atoms with Crippen LogP contribution >= 0.6 is 24.8 Å². The van der Waals surface area contributed by atoms with Crippen molar-refractivity contribution in [2.75, 3.05) is 0 Å². The number of halogens is 3. The van der Waals surface area contributed by atoms with E-state index in [0.29, 0.717) is 24.2 Å². The number of carbonyl (C=O) groups is 1. The van der Waals surface area contributed by atoms with Crippen LogP contribution in [0.2, 0.25) is 0 Å². The summed E-state index contributed by atoms with van der Waals surface area (Å²) in [6, 6.07) is 8.04. The van der Waals surface area contributed by atoms with Gasteiger partial charge in [0.15, 0.2) is 11.6 Å². The quantitative estimate of drug-likeness (QED) is 0.768. The molecule has 0 atom stereocenters. The van der Waals surface area contributed by atoms with Gasteiger partial charge >= 0.3 is 0 Å². The third-order valence-electron chi connectivity index (χ3n) is 4.51. The number of nitrogens with two attached hydrogens (primary N) is 1. The number of amides is 1. The Morgan fingerprint density at radius 1 is 1.22 bits per heavy atom. The second kappa shape index (κ2) is 10.4. The van der Waals surface area contributed by atoms with Crippen LogP contribution in [0.15, 0.2) is 42.7 Å². The Morgan fingerprint density at radius 2 is 1.96 bits per heavy atom. The third kappa shape index (κ3) is 6.06. The zero-order valence-corrected chi connectivity index (χ0v) is 16.5. The Kier molecular flexibility index (Phi) is 8.96. The van der Waals surface area contributed by atoms with E-state index in [1.807, 2.05) is 0 Å². The highest BCUT2D eigenvalue weighted by molar-refractivity contribution is 5.86. The van der Waals surface area contributed by atoms with Crippen molar-refractivity contribution >= 4 is 30.7 Å². The molecule has 1 aromatic carbocycles. The smallest absolute Gasteiger partial charge is 0.240 e. The lowest BCUT2D eigenvalue weighted by Gasteiger charge is -2.31. The van der Waals surface area contributed by atoms with Crippen molar-refractivity contribution in [2.24, 2.45) is 5.73 Å². The van der Waals surface area contributed by atoms with E-state index in [0.717, 1.165) is 19.3 Å². The molecule has 3 N–H and O–H groups in total. The number of hydrogen-bond donors (Lipinski definition) is 2. The molecule has 0 saturated heterocycles. The molecule has 1 aromatic heterocycles. The van der Waals surface area contributed by atoms with E-state index in [-0.39, 0.29) is 43.0 Å². The van der Waals surface area contributed by atoms with Crippen molar-refractivity contribution < 1.29 is 13.9 Å². The fourth-order valence-electron chi connectivity index (χ4n) is 3.04. The first-order chi connectivity index (χ1) is 12.1. The Bertz CT molecular complexity index is 741. The van der Waals surface area contributed by atoms with E-state index < -0.39 is 11.4 Å². The van der Waals surface area contributed by atoms with Crippen LogP contribution in [0.25, 0.3) is 0 Å². The van der Waals surface area contributed by atoms with Crippen LogP contribution in [0.4, 0.5) is 4.39 Å². The second-order valence-electron chi connectivity index (χ2n) is 6.46. The van der Waals surface area contributed by atoms with Crippen molar-refractivity contribution in [1.82, 2.24) is 10.3 Å². The minimum absolute atomic E-state index is 0. The van der Waals surface area contributed by atoms with Crippen LogP contribution < -0.4 is 15.8 Å². The lowest BCUT2D eigenvalue weighted by molar-refractivity contribution is -0.127. The molecule has 0 radical (unpaired) electrons. The SMILES string of the molecule is Cl.Cl.NC1(C(=O)NCc2ccc(Oc3cccnc3)c(F)c2)CCCCC1. The molecule has 0 bridgehead atoms. The fraction of sp³-hybridized carbons (Fsp3) is 0.368. The molecule has 5 nitrogen and oxygen atoms in total. The molecule has 2 aromatic rings. The van der Waals surface area contributed by atoms with Crippen LogP contribution in [0.5, 0.6) is 11.5 Å². The van der Waals surface area contributed by atoms with Gasteiger partial charge in [-0.25, -0.2) is 4.39 Å². The maximum atomic E-state index is 14.2. The summed E-state index contributed by atoms with van der Waals surface area (Å²) < 4.78 is 19.7. The number of ether oxygens (including phenoxy) is 1. The van der Waals surface area contributed by atoms with Gasteiger partial charge in [-0.05, 0) is 42.7 Å². The first kappa shape index (κ1) is 23.1. The summed E-state index contributed by atoms with van der Waals surface area (Å²) in [4.78, 5) is 16.2. The van der Waals surface area contributed by atoms with Gasteiger partial charge in [-0.1, -0.05) is 25.3 Å². The van der Waals surface area contributed by atoms with Crippen LogP contribution in [0, 0.1) is 5.82 Å². The van der Waals surface area contributed by atoms with Crippen molar-refractivity contribution in [2.45, 2.75) is 44.2 Å². The normalized spacial score (nSPS) is 15.0. The number of pyridine rings is 1. The van der Waals surface area contributed by atoms with Gasteiger partial charge in [0.2, 0.25) is 5.91 Å². The standard InChI is InChI=1S/C19H22FN3O2.2ClH/c20-16-11-14(6-7-17(16)25-15-5-4-10-22-13-15)12-23-18(24)19(21)8-2-1-3-9-19;;/h4-7,10-11,13H,1-3,8-9,12,21H2,(H,23,24);2*1H. The van der Waals surface area contributed by atoms with Gasteiger partial charge in [-0.3, -0.25) is 9.78 Å². The molecular weight excluding hydrogens is 392 g/mol. The van der Waals surface area contributed by atoms with E-state index in [1.54, 1.807) is 30.5 Å². The predicted molar refractivity (Wildman–Crippen MR) is 107 cm³/mol. The number of nitrogens with one attached hydrogen (secondary N) is 1. The molecule has 1 saturated carbocycles. The number of nitrogens with zero attached hydrogens (tertiary/aromatic N) is 1. The van der Waals surface area contributed by atoms with Gasteiger partial charge in [0.25, 0.3) is 0 Å². The maximum absolute atomic E-state index is 14.2. The second-order valence-corrected chi connectivity index (χ2v) is 6.46. The van der Waals surface area contributed by atoms with E-state index in [2.05, 4.69) is 10.3 Å². The van der Waals surface area contributed by atoms with E-state index in [9.17, 15) is 9.18 Å². The third-order valence-corrected chi connectivity index (χ3v) is 4.51. The number of aromatic nitrogens is 1. The van der Waals surface area contributed by atoms with Gasteiger partial charge in [-0.15, -0.1) is 24.8 Å². The lowest BCUT2D eigenvalue weighted by atomic mass is 9.82. The molecule has 8 heteroatoms. The van der Waals surface area contributed by atoms with Crippen LogP contribution in [0.3, 0.4) is 0 Å². The molecule has 1 fully saturated rings. The van der Waals surface area contributed by atoms with Crippen LogP contribution in [-0.4, -0.2) is 16.4 Å². The number of benzene rings is 1. The summed E-state index contributed by atoms with van der Waals surface area (Å²) in [6.45, 7) is 0.238. The van der Waals surface area contributed by atoms with Gasteiger partial charge in [0.05, 0.1) is 11.7 Å². The Morgan fingerprint density at radius 3 is 2.59 bits per heavy atom.